The molecule has 0 spiro atoms. The standard InChI is InChI=1S/C15H23Cl2NOS/c1-5-11(6-2)18(8-10(3)4)9-13(19)12-7-14(16)20-15(12)17/h7,10-11H,5-6,8-9H2,1-4H3. The monoisotopic (exact) mass is 335 g/mol. The van der Waals surface area contributed by atoms with E-state index in [1.54, 1.807) is 6.07 Å². The van der Waals surface area contributed by atoms with E-state index in [-0.39, 0.29) is 5.78 Å². The van der Waals surface area contributed by atoms with Gasteiger partial charge in [-0.2, -0.15) is 0 Å². The van der Waals surface area contributed by atoms with Gasteiger partial charge in [0.15, 0.2) is 5.78 Å². The zero-order valence-electron chi connectivity index (χ0n) is 12.6. The average molecular weight is 336 g/mol. The maximum absolute atomic E-state index is 12.4. The van der Waals surface area contributed by atoms with Gasteiger partial charge in [-0.25, -0.2) is 0 Å². The Morgan fingerprint density at radius 3 is 2.30 bits per heavy atom. The van der Waals surface area contributed by atoms with Gasteiger partial charge >= 0.3 is 0 Å². The Morgan fingerprint density at radius 2 is 1.90 bits per heavy atom. The van der Waals surface area contributed by atoms with Gasteiger partial charge in [0, 0.05) is 12.6 Å². The van der Waals surface area contributed by atoms with Gasteiger partial charge in [0.1, 0.15) is 4.34 Å². The van der Waals surface area contributed by atoms with E-state index in [0.717, 1.165) is 19.4 Å². The second-order valence-corrected chi connectivity index (χ2v) is 7.74. The Hall–Kier alpha value is -0.0900. The van der Waals surface area contributed by atoms with E-state index in [2.05, 4.69) is 32.6 Å². The van der Waals surface area contributed by atoms with Gasteiger partial charge < -0.3 is 0 Å². The highest BCUT2D eigenvalue weighted by Gasteiger charge is 2.22. The second-order valence-electron chi connectivity index (χ2n) is 5.45. The van der Waals surface area contributed by atoms with Crippen LogP contribution in [0.25, 0.3) is 0 Å². The summed E-state index contributed by atoms with van der Waals surface area (Å²) in [4.78, 5) is 14.7. The minimum atomic E-state index is 0.0608. The summed E-state index contributed by atoms with van der Waals surface area (Å²) in [6.07, 6.45) is 2.10. The van der Waals surface area contributed by atoms with Gasteiger partial charge in [-0.3, -0.25) is 9.69 Å². The third kappa shape index (κ3) is 5.03. The molecule has 1 rings (SSSR count). The van der Waals surface area contributed by atoms with Gasteiger partial charge in [-0.05, 0) is 24.8 Å². The maximum atomic E-state index is 12.4. The van der Waals surface area contributed by atoms with Crippen LogP contribution in [0.3, 0.4) is 0 Å². The van der Waals surface area contributed by atoms with Crippen LogP contribution in [0.4, 0.5) is 0 Å². The third-order valence-electron chi connectivity index (χ3n) is 3.36. The number of Topliss-reactive ketones (excluding diaryl/α,β-unsaturated/α-hetero) is 1. The normalized spacial score (nSPS) is 11.8. The topological polar surface area (TPSA) is 20.3 Å². The highest BCUT2D eigenvalue weighted by Crippen LogP contribution is 2.31. The predicted molar refractivity (Wildman–Crippen MR) is 89.5 cm³/mol. The Bertz CT molecular complexity index is 441. The summed E-state index contributed by atoms with van der Waals surface area (Å²) in [5.41, 5.74) is 0.557. The molecule has 1 aromatic heterocycles. The molecule has 0 bridgehead atoms. The molecule has 0 saturated heterocycles. The second kappa shape index (κ2) is 8.38. The van der Waals surface area contributed by atoms with Crippen LogP contribution in [0.15, 0.2) is 6.07 Å². The number of carbonyl (C=O) groups excluding carboxylic acids is 1. The van der Waals surface area contributed by atoms with Gasteiger partial charge in [0.25, 0.3) is 0 Å². The van der Waals surface area contributed by atoms with Crippen LogP contribution in [0.2, 0.25) is 8.67 Å². The molecular weight excluding hydrogens is 313 g/mol. The van der Waals surface area contributed by atoms with E-state index in [0.29, 0.717) is 32.7 Å². The zero-order valence-corrected chi connectivity index (χ0v) is 14.9. The lowest BCUT2D eigenvalue weighted by atomic mass is 10.1. The fraction of sp³-hybridized carbons (Fsp3) is 0.667. The smallest absolute Gasteiger partial charge is 0.179 e. The molecule has 1 heterocycles. The van der Waals surface area contributed by atoms with Crippen molar-refractivity contribution in [3.05, 3.63) is 20.3 Å². The van der Waals surface area contributed by atoms with Crippen LogP contribution in [0.1, 0.15) is 50.9 Å². The highest BCUT2D eigenvalue weighted by molar-refractivity contribution is 7.20. The van der Waals surface area contributed by atoms with Crippen molar-refractivity contribution < 1.29 is 4.79 Å². The molecule has 0 N–H and O–H groups in total. The Morgan fingerprint density at radius 1 is 1.30 bits per heavy atom. The number of rotatable bonds is 8. The summed E-state index contributed by atoms with van der Waals surface area (Å²) in [5, 5.41) is 0. The van der Waals surface area contributed by atoms with E-state index in [1.807, 2.05) is 0 Å². The lowest BCUT2D eigenvalue weighted by Gasteiger charge is -2.31. The minimum absolute atomic E-state index is 0.0608. The number of halogens is 2. The quantitative estimate of drug-likeness (QED) is 0.594. The molecular formula is C15H23Cl2NOS. The summed E-state index contributed by atoms with van der Waals surface area (Å²) in [6.45, 7) is 10.0. The molecule has 0 unspecified atom stereocenters. The van der Waals surface area contributed by atoms with E-state index < -0.39 is 0 Å². The molecule has 0 aliphatic rings. The van der Waals surface area contributed by atoms with Crippen molar-refractivity contribution in [2.75, 3.05) is 13.1 Å². The molecule has 0 aromatic carbocycles. The molecule has 0 aliphatic carbocycles. The van der Waals surface area contributed by atoms with Gasteiger partial charge in [0.05, 0.1) is 16.4 Å². The van der Waals surface area contributed by atoms with Crippen molar-refractivity contribution in [2.45, 2.75) is 46.6 Å². The Labute approximate surface area is 136 Å². The first-order valence-corrected chi connectivity index (χ1v) is 8.68. The van der Waals surface area contributed by atoms with Crippen molar-refractivity contribution in [1.29, 1.82) is 0 Å². The van der Waals surface area contributed by atoms with E-state index in [4.69, 9.17) is 23.2 Å². The van der Waals surface area contributed by atoms with Crippen molar-refractivity contribution >= 4 is 40.3 Å². The molecule has 0 amide bonds. The molecule has 0 aliphatic heterocycles. The van der Waals surface area contributed by atoms with Crippen LogP contribution < -0.4 is 0 Å². The summed E-state index contributed by atoms with van der Waals surface area (Å²) < 4.78 is 1.06. The van der Waals surface area contributed by atoms with E-state index in [1.165, 1.54) is 11.3 Å². The Balaban J connectivity index is 2.83. The number of carbonyl (C=O) groups is 1. The predicted octanol–water partition coefficient (Wildman–Crippen LogP) is 5.38. The first-order chi connectivity index (χ1) is 9.38. The first kappa shape index (κ1) is 18.0. The van der Waals surface area contributed by atoms with Crippen LogP contribution in [-0.4, -0.2) is 29.8 Å². The lowest BCUT2D eigenvalue weighted by Crippen LogP contribution is -2.40. The van der Waals surface area contributed by atoms with E-state index in [9.17, 15) is 4.79 Å². The lowest BCUT2D eigenvalue weighted by molar-refractivity contribution is 0.0866. The largest absolute Gasteiger partial charge is 0.293 e. The van der Waals surface area contributed by atoms with Crippen LogP contribution >= 0.6 is 34.5 Å². The van der Waals surface area contributed by atoms with Crippen molar-refractivity contribution in [3.8, 4) is 0 Å². The van der Waals surface area contributed by atoms with Gasteiger partial charge in [0.2, 0.25) is 0 Å². The van der Waals surface area contributed by atoms with Crippen molar-refractivity contribution in [3.63, 3.8) is 0 Å². The van der Waals surface area contributed by atoms with E-state index >= 15 is 0 Å². The fourth-order valence-electron chi connectivity index (χ4n) is 2.42. The number of thiophene rings is 1. The third-order valence-corrected chi connectivity index (χ3v) is 4.85. The molecule has 114 valence electrons. The van der Waals surface area contributed by atoms with Crippen molar-refractivity contribution in [2.24, 2.45) is 5.92 Å². The van der Waals surface area contributed by atoms with Crippen molar-refractivity contribution in [1.82, 2.24) is 4.90 Å². The Kier molecular flexibility index (Phi) is 7.52. The van der Waals surface area contributed by atoms with Crippen LogP contribution in [0.5, 0.6) is 0 Å². The SMILES string of the molecule is CCC(CC)N(CC(=O)c1cc(Cl)sc1Cl)CC(C)C. The molecule has 2 nitrogen and oxygen atoms in total. The molecule has 1 aromatic rings. The fourth-order valence-corrected chi connectivity index (χ4v) is 3.92. The molecule has 0 atom stereocenters. The maximum Gasteiger partial charge on any atom is 0.179 e. The molecule has 20 heavy (non-hydrogen) atoms. The number of hydrogen-bond donors (Lipinski definition) is 0. The summed E-state index contributed by atoms with van der Waals surface area (Å²) >= 11 is 13.2. The number of ketones is 1. The summed E-state index contributed by atoms with van der Waals surface area (Å²) in [7, 11) is 0. The summed E-state index contributed by atoms with van der Waals surface area (Å²) in [5.74, 6) is 0.593. The van der Waals surface area contributed by atoms with Gasteiger partial charge in [-0.1, -0.05) is 50.9 Å². The minimum Gasteiger partial charge on any atom is -0.293 e. The molecule has 0 radical (unpaired) electrons. The highest BCUT2D eigenvalue weighted by atomic mass is 35.5. The number of hydrogen-bond acceptors (Lipinski definition) is 3. The number of nitrogens with zero attached hydrogens (tertiary/aromatic N) is 1. The molecule has 0 fully saturated rings. The molecule has 0 saturated carbocycles. The molecule has 5 heteroatoms. The van der Waals surface area contributed by atoms with Crippen LogP contribution in [0, 0.1) is 5.92 Å². The average Bonchev–Trinajstić information content (AvgIpc) is 2.69. The van der Waals surface area contributed by atoms with Crippen LogP contribution in [-0.2, 0) is 0 Å². The van der Waals surface area contributed by atoms with Gasteiger partial charge in [-0.15, -0.1) is 11.3 Å². The summed E-state index contributed by atoms with van der Waals surface area (Å²) in [6, 6.07) is 2.12. The first-order valence-electron chi connectivity index (χ1n) is 7.11. The zero-order chi connectivity index (χ0) is 15.3.